The normalized spacial score (nSPS) is 29.4. The van der Waals surface area contributed by atoms with Gasteiger partial charge in [0.25, 0.3) is 0 Å². The van der Waals surface area contributed by atoms with E-state index in [1.54, 1.807) is 4.90 Å². The van der Waals surface area contributed by atoms with Gasteiger partial charge in [0.2, 0.25) is 5.91 Å². The Hall–Kier alpha value is -1.36. The average molecular weight is 290 g/mol. The van der Waals surface area contributed by atoms with E-state index in [9.17, 15) is 4.79 Å². The standard InChI is InChI=1S/C16H26N4O/c1-18(2)15(21)14-5-4-6-16(14)7-8-20(11-16)10-13-9-17-12-19(13)3/h9,12,14H,4-8,10-11H2,1-3H3/t14-,16-/m0/s1. The van der Waals surface area contributed by atoms with Gasteiger partial charge in [-0.1, -0.05) is 6.42 Å². The molecule has 0 radical (unpaired) electrons. The molecule has 1 saturated heterocycles. The van der Waals surface area contributed by atoms with Crippen molar-refractivity contribution in [3.05, 3.63) is 18.2 Å². The van der Waals surface area contributed by atoms with E-state index in [4.69, 9.17) is 0 Å². The number of amides is 1. The first-order valence-electron chi connectivity index (χ1n) is 7.90. The fraction of sp³-hybridized carbons (Fsp3) is 0.750. The second-order valence-electron chi connectivity index (χ2n) is 7.00. The Morgan fingerprint density at radius 3 is 2.95 bits per heavy atom. The van der Waals surface area contributed by atoms with Crippen molar-refractivity contribution in [1.29, 1.82) is 0 Å². The number of carbonyl (C=O) groups is 1. The average Bonchev–Trinajstić information content (AvgIpc) is 3.14. The molecule has 2 atom stereocenters. The predicted octanol–water partition coefficient (Wildman–Crippen LogP) is 1.50. The summed E-state index contributed by atoms with van der Waals surface area (Å²) in [5.74, 6) is 0.555. The van der Waals surface area contributed by atoms with Crippen LogP contribution in [0.3, 0.4) is 0 Å². The molecule has 3 rings (SSSR count). The van der Waals surface area contributed by atoms with Crippen molar-refractivity contribution < 1.29 is 4.79 Å². The number of imidazole rings is 1. The zero-order valence-corrected chi connectivity index (χ0v) is 13.4. The van der Waals surface area contributed by atoms with E-state index < -0.39 is 0 Å². The highest BCUT2D eigenvalue weighted by atomic mass is 16.2. The van der Waals surface area contributed by atoms with Crippen LogP contribution in [0.2, 0.25) is 0 Å². The van der Waals surface area contributed by atoms with E-state index in [1.807, 2.05) is 33.7 Å². The quantitative estimate of drug-likeness (QED) is 0.847. The molecule has 2 aliphatic rings. The van der Waals surface area contributed by atoms with Crippen molar-refractivity contribution in [2.75, 3.05) is 27.2 Å². The number of carbonyl (C=O) groups excluding carboxylic acids is 1. The van der Waals surface area contributed by atoms with Gasteiger partial charge in [0, 0.05) is 46.3 Å². The van der Waals surface area contributed by atoms with E-state index >= 15 is 0 Å². The summed E-state index contributed by atoms with van der Waals surface area (Å²) >= 11 is 0. The van der Waals surface area contributed by atoms with Gasteiger partial charge in [-0.2, -0.15) is 0 Å². The fourth-order valence-electron chi connectivity index (χ4n) is 4.21. The maximum absolute atomic E-state index is 12.5. The SMILES string of the molecule is CN(C)C(=O)[C@@H]1CCC[C@@]12CCN(Cc1cncn1C)C2. The molecular formula is C16H26N4O. The minimum atomic E-state index is 0.222. The number of likely N-dealkylation sites (tertiary alicyclic amines) is 1. The molecule has 0 bridgehead atoms. The van der Waals surface area contributed by atoms with E-state index in [-0.39, 0.29) is 11.3 Å². The van der Waals surface area contributed by atoms with Gasteiger partial charge >= 0.3 is 0 Å². The third-order valence-electron chi connectivity index (χ3n) is 5.41. The summed E-state index contributed by atoms with van der Waals surface area (Å²) in [5.41, 5.74) is 1.47. The molecule has 1 aromatic rings. The summed E-state index contributed by atoms with van der Waals surface area (Å²) in [5, 5.41) is 0. The molecule has 1 aliphatic carbocycles. The lowest BCUT2D eigenvalue weighted by molar-refractivity contribution is -0.136. The Bertz CT molecular complexity index is 524. The number of aromatic nitrogens is 2. The van der Waals surface area contributed by atoms with Crippen LogP contribution in [0.5, 0.6) is 0 Å². The van der Waals surface area contributed by atoms with E-state index in [0.717, 1.165) is 32.5 Å². The lowest BCUT2D eigenvalue weighted by Gasteiger charge is -2.32. The monoisotopic (exact) mass is 290 g/mol. The van der Waals surface area contributed by atoms with Crippen molar-refractivity contribution in [2.24, 2.45) is 18.4 Å². The third-order valence-corrected chi connectivity index (χ3v) is 5.41. The van der Waals surface area contributed by atoms with Crippen LogP contribution < -0.4 is 0 Å². The van der Waals surface area contributed by atoms with Crippen LogP contribution in [0.4, 0.5) is 0 Å². The van der Waals surface area contributed by atoms with Crippen molar-refractivity contribution in [1.82, 2.24) is 19.4 Å². The van der Waals surface area contributed by atoms with Gasteiger partial charge < -0.3 is 9.47 Å². The smallest absolute Gasteiger partial charge is 0.225 e. The van der Waals surface area contributed by atoms with Crippen LogP contribution in [0.25, 0.3) is 0 Å². The molecule has 2 fully saturated rings. The molecule has 1 saturated carbocycles. The van der Waals surface area contributed by atoms with Crippen LogP contribution in [0, 0.1) is 11.3 Å². The first kappa shape index (κ1) is 14.6. The van der Waals surface area contributed by atoms with Gasteiger partial charge in [-0.25, -0.2) is 4.98 Å². The second-order valence-corrected chi connectivity index (χ2v) is 7.00. The van der Waals surface area contributed by atoms with E-state index in [0.29, 0.717) is 5.91 Å². The summed E-state index contributed by atoms with van der Waals surface area (Å²) in [4.78, 5) is 20.9. The Kier molecular flexibility index (Phi) is 3.78. The summed E-state index contributed by atoms with van der Waals surface area (Å²) in [6.07, 6.45) is 8.44. The highest BCUT2D eigenvalue weighted by molar-refractivity contribution is 5.79. The lowest BCUT2D eigenvalue weighted by Crippen LogP contribution is -2.40. The zero-order valence-electron chi connectivity index (χ0n) is 13.4. The number of nitrogens with zero attached hydrogens (tertiary/aromatic N) is 4. The number of hydrogen-bond acceptors (Lipinski definition) is 3. The Morgan fingerprint density at radius 1 is 1.48 bits per heavy atom. The van der Waals surface area contributed by atoms with Crippen molar-refractivity contribution >= 4 is 5.91 Å². The van der Waals surface area contributed by atoms with E-state index in [1.165, 1.54) is 18.5 Å². The van der Waals surface area contributed by atoms with E-state index in [2.05, 4.69) is 14.5 Å². The molecule has 2 heterocycles. The van der Waals surface area contributed by atoms with Crippen LogP contribution in [-0.2, 0) is 18.4 Å². The minimum Gasteiger partial charge on any atom is -0.349 e. The van der Waals surface area contributed by atoms with Gasteiger partial charge in [0.1, 0.15) is 0 Å². The summed E-state index contributed by atoms with van der Waals surface area (Å²) < 4.78 is 2.09. The minimum absolute atomic E-state index is 0.222. The second kappa shape index (κ2) is 5.44. The predicted molar refractivity (Wildman–Crippen MR) is 81.6 cm³/mol. The highest BCUT2D eigenvalue weighted by Gasteiger charge is 2.50. The van der Waals surface area contributed by atoms with Crippen molar-refractivity contribution in [3.63, 3.8) is 0 Å². The molecular weight excluding hydrogens is 264 g/mol. The Morgan fingerprint density at radius 2 is 2.29 bits per heavy atom. The third kappa shape index (κ3) is 2.59. The van der Waals surface area contributed by atoms with Crippen LogP contribution in [-0.4, -0.2) is 52.4 Å². The maximum atomic E-state index is 12.5. The highest BCUT2D eigenvalue weighted by Crippen LogP contribution is 2.50. The van der Waals surface area contributed by atoms with Crippen LogP contribution in [0.1, 0.15) is 31.4 Å². The zero-order chi connectivity index (χ0) is 15.0. The maximum Gasteiger partial charge on any atom is 0.225 e. The molecule has 0 aromatic carbocycles. The van der Waals surface area contributed by atoms with Gasteiger partial charge in [0.15, 0.2) is 0 Å². The number of aryl methyl sites for hydroxylation is 1. The van der Waals surface area contributed by atoms with Crippen molar-refractivity contribution in [3.8, 4) is 0 Å². The molecule has 1 aliphatic heterocycles. The molecule has 0 N–H and O–H groups in total. The molecule has 5 nitrogen and oxygen atoms in total. The van der Waals surface area contributed by atoms with Gasteiger partial charge in [0.05, 0.1) is 12.0 Å². The topological polar surface area (TPSA) is 41.4 Å². The van der Waals surface area contributed by atoms with Crippen LogP contribution in [0.15, 0.2) is 12.5 Å². The van der Waals surface area contributed by atoms with Crippen molar-refractivity contribution in [2.45, 2.75) is 32.2 Å². The first-order chi connectivity index (χ1) is 10.0. The number of rotatable bonds is 3. The largest absolute Gasteiger partial charge is 0.349 e. The molecule has 1 aromatic heterocycles. The number of hydrogen-bond donors (Lipinski definition) is 0. The summed E-state index contributed by atoms with van der Waals surface area (Å²) in [7, 11) is 5.82. The molecule has 1 spiro atoms. The lowest BCUT2D eigenvalue weighted by atomic mass is 9.76. The van der Waals surface area contributed by atoms with Gasteiger partial charge in [-0.05, 0) is 31.2 Å². The van der Waals surface area contributed by atoms with Gasteiger partial charge in [-0.3, -0.25) is 9.69 Å². The molecule has 116 valence electrons. The first-order valence-corrected chi connectivity index (χ1v) is 7.90. The molecule has 1 amide bonds. The Labute approximate surface area is 126 Å². The molecule has 21 heavy (non-hydrogen) atoms. The summed E-state index contributed by atoms with van der Waals surface area (Å²) in [6.45, 7) is 3.10. The Balaban J connectivity index is 1.70. The molecule has 5 heteroatoms. The van der Waals surface area contributed by atoms with Gasteiger partial charge in [-0.15, -0.1) is 0 Å². The molecule has 0 unspecified atom stereocenters. The fourth-order valence-corrected chi connectivity index (χ4v) is 4.21. The van der Waals surface area contributed by atoms with Crippen LogP contribution >= 0.6 is 0 Å². The summed E-state index contributed by atoms with van der Waals surface area (Å²) in [6, 6.07) is 0.